The third-order valence-electron chi connectivity index (χ3n) is 5.79. The van der Waals surface area contributed by atoms with Crippen molar-refractivity contribution in [2.75, 3.05) is 11.5 Å². The molecule has 0 radical (unpaired) electrons. The molecular formula is C20H21N3O3. The van der Waals surface area contributed by atoms with Crippen molar-refractivity contribution in [3.8, 4) is 5.75 Å². The van der Waals surface area contributed by atoms with Crippen molar-refractivity contribution >= 4 is 11.6 Å². The molecule has 0 unspecified atom stereocenters. The number of aromatic nitrogens is 2. The fourth-order valence-electron chi connectivity index (χ4n) is 4.47. The Morgan fingerprint density at radius 2 is 2.00 bits per heavy atom. The van der Waals surface area contributed by atoms with Crippen molar-refractivity contribution < 1.29 is 9.53 Å². The summed E-state index contributed by atoms with van der Waals surface area (Å²) in [6, 6.07) is 6.18. The molecule has 3 heterocycles. The molecule has 1 atom stereocenters. The number of nitrogens with one attached hydrogen (secondary N) is 1. The van der Waals surface area contributed by atoms with Crippen LogP contribution in [0.3, 0.4) is 0 Å². The van der Waals surface area contributed by atoms with Crippen molar-refractivity contribution in [2.24, 2.45) is 0 Å². The molecule has 6 nitrogen and oxygen atoms in total. The smallest absolute Gasteiger partial charge is 0.267 e. The summed E-state index contributed by atoms with van der Waals surface area (Å²) in [5.74, 6) is 0.952. The Morgan fingerprint density at radius 1 is 1.15 bits per heavy atom. The molecule has 1 saturated heterocycles. The number of hydrogen-bond donors (Lipinski definition) is 1. The summed E-state index contributed by atoms with van der Waals surface area (Å²) in [5, 5.41) is 6.99. The van der Waals surface area contributed by atoms with Crippen LogP contribution in [0.4, 0.5) is 5.69 Å². The maximum Gasteiger partial charge on any atom is 0.267 e. The van der Waals surface area contributed by atoms with E-state index in [9.17, 15) is 9.59 Å². The molecule has 1 aliphatic carbocycles. The third kappa shape index (κ3) is 2.43. The van der Waals surface area contributed by atoms with Gasteiger partial charge in [-0.05, 0) is 55.4 Å². The molecule has 0 saturated carbocycles. The summed E-state index contributed by atoms with van der Waals surface area (Å²) in [4.78, 5) is 26.2. The number of H-pyrrole nitrogens is 1. The molecule has 26 heavy (non-hydrogen) atoms. The summed E-state index contributed by atoms with van der Waals surface area (Å²) in [5.41, 5.74) is 4.87. The van der Waals surface area contributed by atoms with E-state index in [1.165, 1.54) is 0 Å². The lowest BCUT2D eigenvalue weighted by Gasteiger charge is -2.32. The van der Waals surface area contributed by atoms with Gasteiger partial charge in [0.1, 0.15) is 12.4 Å². The first-order chi connectivity index (χ1) is 12.7. The van der Waals surface area contributed by atoms with E-state index in [0.717, 1.165) is 65.9 Å². The highest BCUT2D eigenvalue weighted by atomic mass is 16.5. The Labute approximate surface area is 151 Å². The maximum atomic E-state index is 12.3. The van der Waals surface area contributed by atoms with Crippen LogP contribution < -0.4 is 15.2 Å². The van der Waals surface area contributed by atoms with E-state index in [1.807, 2.05) is 23.1 Å². The number of rotatable bonds is 2. The van der Waals surface area contributed by atoms with E-state index >= 15 is 0 Å². The minimum atomic E-state index is -0.0483. The Morgan fingerprint density at radius 3 is 2.88 bits per heavy atom. The monoisotopic (exact) mass is 351 g/mol. The van der Waals surface area contributed by atoms with E-state index < -0.39 is 0 Å². The van der Waals surface area contributed by atoms with Gasteiger partial charge in [-0.2, -0.15) is 5.10 Å². The zero-order chi connectivity index (χ0) is 17.7. The number of carbonyl (C=O) groups is 1. The molecule has 0 spiro atoms. The molecule has 3 aliphatic rings. The number of carbonyl (C=O) groups excluding carboxylic acids is 1. The first-order valence-corrected chi connectivity index (χ1v) is 9.38. The number of ether oxygens (including phenoxy) is 1. The Bertz CT molecular complexity index is 950. The van der Waals surface area contributed by atoms with E-state index in [0.29, 0.717) is 19.4 Å². The summed E-state index contributed by atoms with van der Waals surface area (Å²) in [6.45, 7) is 0.576. The van der Waals surface area contributed by atoms with Crippen molar-refractivity contribution in [3.05, 3.63) is 50.9 Å². The fourth-order valence-corrected chi connectivity index (χ4v) is 4.47. The quantitative estimate of drug-likeness (QED) is 0.899. The number of benzene rings is 1. The number of fused-ring (bicyclic) bond motifs is 4. The second kappa shape index (κ2) is 5.97. The minimum Gasteiger partial charge on any atom is -0.489 e. The summed E-state index contributed by atoms with van der Waals surface area (Å²) in [7, 11) is 0. The van der Waals surface area contributed by atoms with Crippen molar-refractivity contribution in [3.63, 3.8) is 0 Å². The molecule has 1 N–H and O–H groups in total. The number of hydrogen-bond acceptors (Lipinski definition) is 4. The molecule has 1 amide bonds. The predicted molar refractivity (Wildman–Crippen MR) is 96.8 cm³/mol. The van der Waals surface area contributed by atoms with E-state index in [2.05, 4.69) is 10.2 Å². The van der Waals surface area contributed by atoms with Crippen molar-refractivity contribution in [1.82, 2.24) is 10.2 Å². The highest BCUT2D eigenvalue weighted by molar-refractivity contribution is 5.98. The van der Waals surface area contributed by atoms with Gasteiger partial charge in [-0.3, -0.25) is 9.59 Å². The van der Waals surface area contributed by atoms with Gasteiger partial charge in [-0.1, -0.05) is 6.07 Å². The second-order valence-electron chi connectivity index (χ2n) is 7.41. The second-order valence-corrected chi connectivity index (χ2v) is 7.41. The highest BCUT2D eigenvalue weighted by Crippen LogP contribution is 2.39. The molecule has 2 aromatic rings. The van der Waals surface area contributed by atoms with Gasteiger partial charge in [0.05, 0.1) is 17.4 Å². The van der Waals surface area contributed by atoms with Crippen LogP contribution in [-0.2, 0) is 24.1 Å². The Balaban J connectivity index is 1.51. The maximum absolute atomic E-state index is 12.3. The lowest BCUT2D eigenvalue weighted by Crippen LogP contribution is -2.40. The fraction of sp³-hybridized carbons (Fsp3) is 0.450. The topological polar surface area (TPSA) is 75.3 Å². The first kappa shape index (κ1) is 15.6. The summed E-state index contributed by atoms with van der Waals surface area (Å²) >= 11 is 0. The van der Waals surface area contributed by atoms with Gasteiger partial charge in [-0.25, -0.2) is 5.10 Å². The highest BCUT2D eigenvalue weighted by Gasteiger charge is 2.37. The number of aromatic amines is 1. The molecule has 1 fully saturated rings. The van der Waals surface area contributed by atoms with E-state index in [4.69, 9.17) is 4.74 Å². The van der Waals surface area contributed by atoms with Gasteiger partial charge in [0.15, 0.2) is 0 Å². The van der Waals surface area contributed by atoms with Crippen molar-refractivity contribution in [2.45, 2.75) is 51.0 Å². The van der Waals surface area contributed by atoms with Crippen LogP contribution in [0.5, 0.6) is 5.75 Å². The minimum absolute atomic E-state index is 0.0483. The summed E-state index contributed by atoms with van der Waals surface area (Å²) in [6.07, 6.45) is 6.02. The van der Waals surface area contributed by atoms with Gasteiger partial charge in [-0.15, -0.1) is 0 Å². The molecule has 0 bridgehead atoms. The largest absolute Gasteiger partial charge is 0.489 e. The first-order valence-electron chi connectivity index (χ1n) is 9.38. The van der Waals surface area contributed by atoms with Crippen LogP contribution in [0.25, 0.3) is 0 Å². The predicted octanol–water partition coefficient (Wildman–Crippen LogP) is 2.13. The van der Waals surface area contributed by atoms with Crippen LogP contribution in [0.15, 0.2) is 23.0 Å². The standard InChI is InChI=1S/C20H21N3O3/c24-19-8-6-13-11-26-18-7-5-12(10-17(18)23(13)19)9-16-14-3-1-2-4-15(14)20(25)22-21-16/h5,7,10,13H,1-4,6,8-9,11H2,(H,22,25)/t13-/m1/s1. The average molecular weight is 351 g/mol. The Kier molecular flexibility index (Phi) is 3.58. The number of amides is 1. The lowest BCUT2D eigenvalue weighted by atomic mass is 9.90. The van der Waals surface area contributed by atoms with E-state index in [-0.39, 0.29) is 17.5 Å². The lowest BCUT2D eigenvalue weighted by molar-refractivity contribution is -0.117. The van der Waals surface area contributed by atoms with Crippen molar-refractivity contribution in [1.29, 1.82) is 0 Å². The summed E-state index contributed by atoms with van der Waals surface area (Å²) < 4.78 is 5.84. The molecule has 1 aromatic heterocycles. The number of nitrogens with zero attached hydrogens (tertiary/aromatic N) is 2. The zero-order valence-corrected chi connectivity index (χ0v) is 14.6. The van der Waals surface area contributed by atoms with Gasteiger partial charge in [0.25, 0.3) is 5.56 Å². The Hall–Kier alpha value is -2.63. The van der Waals surface area contributed by atoms with Crippen LogP contribution in [0, 0.1) is 0 Å². The van der Waals surface area contributed by atoms with Gasteiger partial charge in [0, 0.05) is 18.4 Å². The van der Waals surface area contributed by atoms with Crippen LogP contribution in [0.1, 0.15) is 48.1 Å². The SMILES string of the molecule is O=C1CC[C@@H]2COc3ccc(Cc4n[nH]c(=O)c5c4CCCC5)cc3N12. The van der Waals surface area contributed by atoms with Gasteiger partial charge >= 0.3 is 0 Å². The molecule has 2 aliphatic heterocycles. The molecular weight excluding hydrogens is 330 g/mol. The zero-order valence-electron chi connectivity index (χ0n) is 14.6. The molecule has 5 rings (SSSR count). The number of anilines is 1. The third-order valence-corrected chi connectivity index (χ3v) is 5.79. The van der Waals surface area contributed by atoms with Crippen LogP contribution in [0.2, 0.25) is 0 Å². The normalized spacial score (nSPS) is 21.0. The average Bonchev–Trinajstić information content (AvgIpc) is 3.06. The van der Waals surface area contributed by atoms with Gasteiger partial charge < -0.3 is 9.64 Å². The molecule has 6 heteroatoms. The van der Waals surface area contributed by atoms with Crippen LogP contribution in [-0.4, -0.2) is 28.8 Å². The van der Waals surface area contributed by atoms with Gasteiger partial charge in [0.2, 0.25) is 5.91 Å². The molecule has 1 aromatic carbocycles. The van der Waals surface area contributed by atoms with E-state index in [1.54, 1.807) is 0 Å². The molecule has 134 valence electrons. The van der Waals surface area contributed by atoms with Crippen LogP contribution >= 0.6 is 0 Å².